The van der Waals surface area contributed by atoms with Crippen molar-refractivity contribution in [3.8, 4) is 11.5 Å². The van der Waals surface area contributed by atoms with Gasteiger partial charge in [0.05, 0.1) is 0 Å². The van der Waals surface area contributed by atoms with Gasteiger partial charge in [-0.3, -0.25) is 0 Å². The summed E-state index contributed by atoms with van der Waals surface area (Å²) >= 11 is 0. The second-order valence-electron chi connectivity index (χ2n) is 5.38. The fraction of sp³-hybridized carbons (Fsp3) is 0.556. The number of hydrogen-bond acceptors (Lipinski definition) is 2. The monoisotopic (exact) mass is 276 g/mol. The fourth-order valence-electron chi connectivity index (χ4n) is 2.29. The highest BCUT2D eigenvalue weighted by atomic mass is 16.3. The average Bonchev–Trinajstić information content (AvgIpc) is 2.45. The number of para-hydroxylation sites is 1. The lowest BCUT2D eigenvalue weighted by molar-refractivity contribution is 0.403. The lowest BCUT2D eigenvalue weighted by Crippen LogP contribution is -1.80. The molecule has 2 N–H and O–H groups in total. The molecule has 2 heteroatoms. The normalized spacial score (nSPS) is 11.2. The minimum Gasteiger partial charge on any atom is -0.504 e. The van der Waals surface area contributed by atoms with E-state index in [4.69, 9.17) is 0 Å². The van der Waals surface area contributed by atoms with Gasteiger partial charge in [0, 0.05) is 5.56 Å². The molecule has 0 radical (unpaired) electrons. The molecule has 0 saturated heterocycles. The number of unbranched alkanes of at least 4 members (excludes halogenated alkanes) is 8. The largest absolute Gasteiger partial charge is 0.504 e. The summed E-state index contributed by atoms with van der Waals surface area (Å²) in [5, 5.41) is 19.0. The molecular weight excluding hydrogens is 248 g/mol. The van der Waals surface area contributed by atoms with E-state index in [1.807, 2.05) is 6.08 Å². The Balaban J connectivity index is 2.09. The van der Waals surface area contributed by atoms with Crippen LogP contribution in [0.25, 0.3) is 6.08 Å². The minimum atomic E-state index is -0.0563. The summed E-state index contributed by atoms with van der Waals surface area (Å²) in [6.07, 6.45) is 15.6. The van der Waals surface area contributed by atoms with Crippen LogP contribution in [0.5, 0.6) is 11.5 Å². The summed E-state index contributed by atoms with van der Waals surface area (Å²) < 4.78 is 0. The van der Waals surface area contributed by atoms with Gasteiger partial charge in [-0.15, -0.1) is 0 Å². The third-order valence-electron chi connectivity index (χ3n) is 3.57. The van der Waals surface area contributed by atoms with Crippen molar-refractivity contribution in [1.29, 1.82) is 0 Å². The highest BCUT2D eigenvalue weighted by Gasteiger charge is 2.01. The minimum absolute atomic E-state index is 0.0281. The van der Waals surface area contributed by atoms with E-state index >= 15 is 0 Å². The van der Waals surface area contributed by atoms with E-state index in [9.17, 15) is 10.2 Å². The molecule has 0 heterocycles. The van der Waals surface area contributed by atoms with Crippen molar-refractivity contribution in [2.45, 2.75) is 64.7 Å². The second-order valence-corrected chi connectivity index (χ2v) is 5.38. The molecular formula is C18H28O2. The molecule has 0 atom stereocenters. The molecule has 1 aromatic carbocycles. The van der Waals surface area contributed by atoms with Gasteiger partial charge in [0.25, 0.3) is 0 Å². The van der Waals surface area contributed by atoms with Gasteiger partial charge in [-0.25, -0.2) is 0 Å². The molecule has 0 saturated carbocycles. The van der Waals surface area contributed by atoms with Crippen LogP contribution < -0.4 is 0 Å². The first kappa shape index (κ1) is 16.6. The number of benzene rings is 1. The summed E-state index contributed by atoms with van der Waals surface area (Å²) in [6.45, 7) is 2.25. The lowest BCUT2D eigenvalue weighted by atomic mass is 10.1. The van der Waals surface area contributed by atoms with E-state index in [0.717, 1.165) is 6.42 Å². The first-order valence-corrected chi connectivity index (χ1v) is 7.93. The molecule has 0 aliphatic carbocycles. The van der Waals surface area contributed by atoms with E-state index in [-0.39, 0.29) is 11.5 Å². The molecule has 0 aromatic heterocycles. The number of phenolic OH excluding ortho intramolecular Hbond substituents is 2. The molecule has 1 aromatic rings. The number of rotatable bonds is 10. The van der Waals surface area contributed by atoms with Gasteiger partial charge in [0.15, 0.2) is 11.5 Å². The van der Waals surface area contributed by atoms with Crippen LogP contribution in [0.15, 0.2) is 24.3 Å². The summed E-state index contributed by atoms with van der Waals surface area (Å²) in [7, 11) is 0. The molecule has 112 valence electrons. The van der Waals surface area contributed by atoms with Crippen molar-refractivity contribution in [3.63, 3.8) is 0 Å². The first-order valence-electron chi connectivity index (χ1n) is 7.93. The van der Waals surface area contributed by atoms with Crippen molar-refractivity contribution in [2.24, 2.45) is 0 Å². The van der Waals surface area contributed by atoms with Crippen LogP contribution in [-0.2, 0) is 0 Å². The zero-order valence-electron chi connectivity index (χ0n) is 12.6. The highest BCUT2D eigenvalue weighted by Crippen LogP contribution is 2.29. The average molecular weight is 276 g/mol. The number of hydrogen-bond donors (Lipinski definition) is 2. The van der Waals surface area contributed by atoms with Gasteiger partial charge in [-0.05, 0) is 18.9 Å². The molecule has 0 aliphatic rings. The van der Waals surface area contributed by atoms with E-state index in [1.165, 1.54) is 57.4 Å². The Kier molecular flexibility index (Phi) is 8.61. The van der Waals surface area contributed by atoms with Crippen molar-refractivity contribution >= 4 is 6.08 Å². The number of phenols is 2. The molecule has 1 rings (SSSR count). The summed E-state index contributed by atoms with van der Waals surface area (Å²) in [4.78, 5) is 0. The topological polar surface area (TPSA) is 40.5 Å². The predicted octanol–water partition coefficient (Wildman–Crippen LogP) is 5.64. The maximum absolute atomic E-state index is 9.64. The zero-order chi connectivity index (χ0) is 14.6. The summed E-state index contributed by atoms with van der Waals surface area (Å²) in [6, 6.07) is 5.04. The van der Waals surface area contributed by atoms with E-state index < -0.39 is 0 Å². The van der Waals surface area contributed by atoms with Gasteiger partial charge in [-0.1, -0.05) is 76.2 Å². The lowest BCUT2D eigenvalue weighted by Gasteiger charge is -2.01. The van der Waals surface area contributed by atoms with Crippen LogP contribution in [0.2, 0.25) is 0 Å². The summed E-state index contributed by atoms with van der Waals surface area (Å²) in [5.74, 6) is -0.0843. The molecule has 0 bridgehead atoms. The van der Waals surface area contributed by atoms with Gasteiger partial charge < -0.3 is 10.2 Å². The quantitative estimate of drug-likeness (QED) is 0.428. The van der Waals surface area contributed by atoms with E-state index in [0.29, 0.717) is 5.56 Å². The van der Waals surface area contributed by atoms with Gasteiger partial charge >= 0.3 is 0 Å². The Bertz CT molecular complexity index is 396. The molecule has 0 unspecified atom stereocenters. The maximum Gasteiger partial charge on any atom is 0.164 e. The molecule has 2 nitrogen and oxygen atoms in total. The Morgan fingerprint density at radius 1 is 0.900 bits per heavy atom. The third-order valence-corrected chi connectivity index (χ3v) is 3.57. The molecule has 0 spiro atoms. The molecule has 0 amide bonds. The Morgan fingerprint density at radius 3 is 2.25 bits per heavy atom. The van der Waals surface area contributed by atoms with E-state index in [1.54, 1.807) is 12.1 Å². The Morgan fingerprint density at radius 2 is 1.55 bits per heavy atom. The fourth-order valence-corrected chi connectivity index (χ4v) is 2.29. The zero-order valence-corrected chi connectivity index (χ0v) is 12.6. The number of allylic oxidation sites excluding steroid dienone is 1. The van der Waals surface area contributed by atoms with Crippen LogP contribution in [0, 0.1) is 0 Å². The van der Waals surface area contributed by atoms with Crippen molar-refractivity contribution < 1.29 is 10.2 Å². The van der Waals surface area contributed by atoms with Gasteiger partial charge in [-0.2, -0.15) is 0 Å². The first-order chi connectivity index (χ1) is 9.75. The highest BCUT2D eigenvalue weighted by molar-refractivity contribution is 5.61. The predicted molar refractivity (Wildman–Crippen MR) is 86.0 cm³/mol. The van der Waals surface area contributed by atoms with Crippen molar-refractivity contribution in [3.05, 3.63) is 29.8 Å². The van der Waals surface area contributed by atoms with Gasteiger partial charge in [0.2, 0.25) is 0 Å². The van der Waals surface area contributed by atoms with E-state index in [2.05, 4.69) is 13.0 Å². The number of aromatic hydroxyl groups is 2. The van der Waals surface area contributed by atoms with Crippen LogP contribution in [0.1, 0.15) is 70.3 Å². The molecule has 0 aliphatic heterocycles. The Labute approximate surface area is 123 Å². The molecule has 20 heavy (non-hydrogen) atoms. The maximum atomic E-state index is 9.64. The van der Waals surface area contributed by atoms with Crippen LogP contribution >= 0.6 is 0 Å². The van der Waals surface area contributed by atoms with Crippen molar-refractivity contribution in [1.82, 2.24) is 0 Å². The summed E-state index contributed by atoms with van der Waals surface area (Å²) in [5.41, 5.74) is 0.685. The molecule has 0 fully saturated rings. The van der Waals surface area contributed by atoms with Crippen molar-refractivity contribution in [2.75, 3.05) is 0 Å². The van der Waals surface area contributed by atoms with Crippen LogP contribution in [0.4, 0.5) is 0 Å². The van der Waals surface area contributed by atoms with Gasteiger partial charge in [0.1, 0.15) is 0 Å². The third kappa shape index (κ3) is 6.65. The Hall–Kier alpha value is -1.44. The van der Waals surface area contributed by atoms with Crippen LogP contribution in [-0.4, -0.2) is 10.2 Å². The smallest absolute Gasteiger partial charge is 0.164 e. The second kappa shape index (κ2) is 10.4. The van der Waals surface area contributed by atoms with Crippen LogP contribution in [0.3, 0.4) is 0 Å². The standard InChI is InChI=1S/C18H28O2/c1-2-3-4-5-6-7-8-9-10-11-13-16-14-12-15-17(19)18(16)20/h11-15,19-20H,2-10H2,1H3. The SMILES string of the molecule is CCCCCCCCCCC=Cc1cccc(O)c1O.